The lowest BCUT2D eigenvalue weighted by Gasteiger charge is -2.39. The molecule has 9 heteroatoms. The fraction of sp³-hybridized carbons (Fsp3) is 0.318. The van der Waals surface area contributed by atoms with Gasteiger partial charge in [0.05, 0.1) is 16.9 Å². The van der Waals surface area contributed by atoms with Crippen molar-refractivity contribution in [2.45, 2.75) is 19.4 Å². The van der Waals surface area contributed by atoms with Gasteiger partial charge in [0.15, 0.2) is 0 Å². The molecule has 0 saturated carbocycles. The van der Waals surface area contributed by atoms with Crippen LogP contribution in [0.2, 0.25) is 10.2 Å². The molecule has 2 unspecified atom stereocenters. The van der Waals surface area contributed by atoms with Crippen LogP contribution >= 0.6 is 23.2 Å². The van der Waals surface area contributed by atoms with E-state index in [1.165, 1.54) is 10.6 Å². The van der Waals surface area contributed by atoms with E-state index in [0.717, 1.165) is 6.42 Å². The maximum Gasteiger partial charge on any atom is 0.270 e. The number of nitrogens with one attached hydrogen (secondary N) is 1. The number of hydrogen-bond donors (Lipinski definition) is 2. The minimum absolute atomic E-state index is 0.0683. The first kappa shape index (κ1) is 21.3. The molecule has 1 fully saturated rings. The minimum Gasteiger partial charge on any atom is -0.506 e. The fourth-order valence-electron chi connectivity index (χ4n) is 4.17. The van der Waals surface area contributed by atoms with Crippen LogP contribution in [-0.2, 0) is 7.05 Å². The highest BCUT2D eigenvalue weighted by Gasteiger charge is 2.30. The van der Waals surface area contributed by atoms with Crippen molar-refractivity contribution in [3.05, 3.63) is 56.4 Å². The van der Waals surface area contributed by atoms with Gasteiger partial charge < -0.3 is 19.9 Å². The quantitative estimate of drug-likeness (QED) is 0.453. The van der Waals surface area contributed by atoms with Gasteiger partial charge in [-0.2, -0.15) is 5.26 Å². The highest BCUT2D eigenvalue weighted by atomic mass is 35.5. The summed E-state index contributed by atoms with van der Waals surface area (Å²) in [5.41, 5.74) is 2.04. The molecule has 4 rings (SSSR count). The Balaban J connectivity index is 1.68. The summed E-state index contributed by atoms with van der Waals surface area (Å²) >= 11 is 12.1. The Labute approximate surface area is 189 Å². The number of piperidine rings is 1. The number of fused-ring (bicyclic) bond motifs is 1. The van der Waals surface area contributed by atoms with Crippen molar-refractivity contribution in [3.63, 3.8) is 0 Å². The minimum atomic E-state index is -0.354. The molecule has 0 radical (unpaired) electrons. The maximum atomic E-state index is 12.8. The molecular weight excluding hydrogens is 437 g/mol. The molecule has 1 aliphatic heterocycles. The Bertz CT molecular complexity index is 1270. The summed E-state index contributed by atoms with van der Waals surface area (Å²) in [5.74, 6) is 0.263. The van der Waals surface area contributed by atoms with Crippen molar-refractivity contribution >= 4 is 45.6 Å². The number of pyridine rings is 2. The Morgan fingerprint density at radius 2 is 2.06 bits per heavy atom. The summed E-state index contributed by atoms with van der Waals surface area (Å²) in [4.78, 5) is 19.3. The van der Waals surface area contributed by atoms with Crippen molar-refractivity contribution in [2.24, 2.45) is 13.0 Å². The first-order valence-electron chi connectivity index (χ1n) is 9.89. The van der Waals surface area contributed by atoms with Gasteiger partial charge in [0, 0.05) is 37.3 Å². The van der Waals surface area contributed by atoms with Crippen molar-refractivity contribution in [1.29, 1.82) is 5.26 Å². The Kier molecular flexibility index (Phi) is 5.69. The van der Waals surface area contributed by atoms with E-state index >= 15 is 0 Å². The van der Waals surface area contributed by atoms with Gasteiger partial charge in [0.2, 0.25) is 0 Å². The van der Waals surface area contributed by atoms with Crippen LogP contribution in [0.1, 0.15) is 18.9 Å². The second kappa shape index (κ2) is 8.29. The number of phenolic OH excluding ortho intramolecular Hbond substituents is 1. The van der Waals surface area contributed by atoms with Crippen LogP contribution in [0, 0.1) is 17.2 Å². The number of halogens is 2. The van der Waals surface area contributed by atoms with Gasteiger partial charge in [-0.15, -0.1) is 0 Å². The molecule has 3 aromatic rings. The van der Waals surface area contributed by atoms with Crippen LogP contribution in [0.4, 0.5) is 11.4 Å². The van der Waals surface area contributed by atoms with Crippen LogP contribution in [0.15, 0.2) is 35.1 Å². The Morgan fingerprint density at radius 1 is 1.29 bits per heavy atom. The number of hydrogen-bond acceptors (Lipinski definition) is 6. The number of rotatable bonds is 3. The zero-order valence-corrected chi connectivity index (χ0v) is 18.6. The molecule has 0 aliphatic carbocycles. The smallest absolute Gasteiger partial charge is 0.270 e. The summed E-state index contributed by atoms with van der Waals surface area (Å²) in [6.45, 7) is 3.31. The van der Waals surface area contributed by atoms with E-state index in [1.54, 1.807) is 31.3 Å². The first-order valence-corrected chi connectivity index (χ1v) is 10.6. The number of nitriles is 1. The number of nitrogens with zero attached hydrogens (tertiary/aromatic N) is 4. The molecule has 0 amide bonds. The average molecular weight is 458 g/mol. The average Bonchev–Trinajstić information content (AvgIpc) is 2.73. The molecule has 0 spiro atoms. The predicted octanol–water partition coefficient (Wildman–Crippen LogP) is 4.14. The number of phenols is 1. The number of aryl methyl sites for hydroxylation is 1. The lowest BCUT2D eigenvalue weighted by Crippen LogP contribution is -2.46. The first-order chi connectivity index (χ1) is 14.8. The third-order valence-corrected chi connectivity index (χ3v) is 6.26. The topological polar surface area (TPSA) is 94.2 Å². The number of benzene rings is 1. The fourth-order valence-corrected chi connectivity index (χ4v) is 4.48. The van der Waals surface area contributed by atoms with Gasteiger partial charge in [-0.1, -0.05) is 30.1 Å². The summed E-state index contributed by atoms with van der Waals surface area (Å²) in [7, 11) is 1.63. The standard InChI is InChI=1S/C22H21Cl2N5O2/c1-12-11-29(8-7-15(12)26-16-4-3-13(23)9-18(16)30)21-14(10-25)22(31)28(2)17-5-6-19(24)27-20(17)21/h3-6,9,12,15,26,30H,7-8,11H2,1-2H3. The zero-order valence-electron chi connectivity index (χ0n) is 17.1. The SMILES string of the molecule is CC1CN(c2c(C#N)c(=O)n(C)c3ccc(Cl)nc23)CCC1Nc1ccc(Cl)cc1O. The largest absolute Gasteiger partial charge is 0.506 e. The molecule has 7 nitrogen and oxygen atoms in total. The van der Waals surface area contributed by atoms with E-state index in [-0.39, 0.29) is 28.8 Å². The highest BCUT2D eigenvalue weighted by molar-refractivity contribution is 6.30. The normalized spacial score (nSPS) is 18.7. The summed E-state index contributed by atoms with van der Waals surface area (Å²) < 4.78 is 1.43. The molecule has 2 atom stereocenters. The van der Waals surface area contributed by atoms with Crippen molar-refractivity contribution in [1.82, 2.24) is 9.55 Å². The van der Waals surface area contributed by atoms with Crippen LogP contribution in [0.25, 0.3) is 11.0 Å². The van der Waals surface area contributed by atoms with E-state index < -0.39 is 0 Å². The van der Waals surface area contributed by atoms with Gasteiger partial charge >= 0.3 is 0 Å². The van der Waals surface area contributed by atoms with Gasteiger partial charge in [-0.3, -0.25) is 4.79 Å². The molecule has 1 aromatic carbocycles. The van der Waals surface area contributed by atoms with Crippen LogP contribution in [0.3, 0.4) is 0 Å². The highest BCUT2D eigenvalue weighted by Crippen LogP contribution is 2.34. The van der Waals surface area contributed by atoms with Crippen molar-refractivity contribution in [3.8, 4) is 11.8 Å². The van der Waals surface area contributed by atoms with Crippen LogP contribution in [-0.4, -0.2) is 33.8 Å². The lowest BCUT2D eigenvalue weighted by atomic mass is 9.92. The third kappa shape index (κ3) is 3.89. The molecule has 2 aromatic heterocycles. The molecular formula is C22H21Cl2N5O2. The third-order valence-electron chi connectivity index (χ3n) is 5.81. The van der Waals surface area contributed by atoms with Gasteiger partial charge in [0.1, 0.15) is 28.1 Å². The molecule has 3 heterocycles. The molecule has 160 valence electrons. The monoisotopic (exact) mass is 457 g/mol. The van der Waals surface area contributed by atoms with Gasteiger partial charge in [-0.25, -0.2) is 4.98 Å². The molecule has 2 N–H and O–H groups in total. The van der Waals surface area contributed by atoms with E-state index in [0.29, 0.717) is 45.7 Å². The van der Waals surface area contributed by atoms with E-state index in [2.05, 4.69) is 23.3 Å². The second-order valence-electron chi connectivity index (χ2n) is 7.83. The Morgan fingerprint density at radius 3 is 2.74 bits per heavy atom. The summed E-state index contributed by atoms with van der Waals surface area (Å²) in [6.07, 6.45) is 0.741. The van der Waals surface area contributed by atoms with Gasteiger partial charge in [0.25, 0.3) is 5.56 Å². The number of aromatic nitrogens is 2. The molecule has 1 aliphatic rings. The van der Waals surface area contributed by atoms with E-state index in [4.69, 9.17) is 23.2 Å². The number of anilines is 2. The molecule has 0 bridgehead atoms. The van der Waals surface area contributed by atoms with E-state index in [9.17, 15) is 15.2 Å². The van der Waals surface area contributed by atoms with Crippen molar-refractivity contribution in [2.75, 3.05) is 23.3 Å². The van der Waals surface area contributed by atoms with E-state index in [1.807, 2.05) is 4.90 Å². The maximum absolute atomic E-state index is 12.8. The van der Waals surface area contributed by atoms with Crippen LogP contribution in [0.5, 0.6) is 5.75 Å². The van der Waals surface area contributed by atoms with Crippen LogP contribution < -0.4 is 15.8 Å². The second-order valence-corrected chi connectivity index (χ2v) is 8.65. The predicted molar refractivity (Wildman–Crippen MR) is 123 cm³/mol. The summed E-state index contributed by atoms with van der Waals surface area (Å²) in [6, 6.07) is 10.5. The molecule has 31 heavy (non-hydrogen) atoms. The van der Waals surface area contributed by atoms with Crippen molar-refractivity contribution < 1.29 is 5.11 Å². The van der Waals surface area contributed by atoms with Gasteiger partial charge in [-0.05, 0) is 36.6 Å². The zero-order chi connectivity index (χ0) is 22.3. The number of aromatic hydroxyl groups is 1. The Hall–Kier alpha value is -2.95. The lowest BCUT2D eigenvalue weighted by molar-refractivity contribution is 0.402. The molecule has 1 saturated heterocycles. The summed E-state index contributed by atoms with van der Waals surface area (Å²) in [5, 5.41) is 24.1.